The van der Waals surface area contributed by atoms with E-state index in [4.69, 9.17) is 4.99 Å². The van der Waals surface area contributed by atoms with E-state index in [1.54, 1.807) is 0 Å². The molecule has 1 aliphatic rings. The van der Waals surface area contributed by atoms with Crippen molar-refractivity contribution in [3.05, 3.63) is 137 Å². The Labute approximate surface area is 256 Å². The second-order valence-corrected chi connectivity index (χ2v) is 12.3. The summed E-state index contributed by atoms with van der Waals surface area (Å²) < 4.78 is 4.78. The van der Waals surface area contributed by atoms with Gasteiger partial charge in [-0.05, 0) is 106 Å². The summed E-state index contributed by atoms with van der Waals surface area (Å²) in [5, 5.41) is 15.0. The Bertz CT molecular complexity index is 2290. The topological polar surface area (TPSA) is 46.0 Å². The molecule has 4 nitrogen and oxygen atoms in total. The molecule has 7 aromatic rings. The molecular weight excluding hydrogens is 536 g/mol. The summed E-state index contributed by atoms with van der Waals surface area (Å²) in [6.45, 7) is 8.60. The number of aryl methyl sites for hydroxylation is 4. The Balaban J connectivity index is 1.42. The van der Waals surface area contributed by atoms with Crippen molar-refractivity contribution in [1.29, 1.82) is 5.26 Å². The SMILES string of the molecule is Cc1ccc2c(c1)c1cc(C)ccc1n2-c1ccc(C#N)cc1C1C=CC=NC1n1c2ccc(C)cc2c2cc(C)ccc21. The van der Waals surface area contributed by atoms with E-state index in [-0.39, 0.29) is 12.1 Å². The summed E-state index contributed by atoms with van der Waals surface area (Å²) >= 11 is 0. The molecule has 0 bridgehead atoms. The quantitative estimate of drug-likeness (QED) is 0.209. The molecule has 3 heterocycles. The van der Waals surface area contributed by atoms with Gasteiger partial charge in [-0.15, -0.1) is 0 Å². The van der Waals surface area contributed by atoms with Crippen molar-refractivity contribution in [1.82, 2.24) is 9.13 Å². The number of dihydropyridines is 1. The molecule has 1 aliphatic heterocycles. The van der Waals surface area contributed by atoms with E-state index in [1.165, 1.54) is 54.8 Å². The van der Waals surface area contributed by atoms with Crippen LogP contribution in [0.3, 0.4) is 0 Å². The van der Waals surface area contributed by atoms with Gasteiger partial charge in [-0.3, -0.25) is 4.99 Å². The van der Waals surface area contributed by atoms with E-state index in [2.05, 4.69) is 134 Å². The van der Waals surface area contributed by atoms with Crippen LogP contribution in [0.1, 0.15) is 45.5 Å². The van der Waals surface area contributed by atoms with E-state index in [1.807, 2.05) is 18.4 Å². The van der Waals surface area contributed by atoms with Gasteiger partial charge in [-0.1, -0.05) is 52.6 Å². The Morgan fingerprint density at radius 2 is 1.11 bits per heavy atom. The van der Waals surface area contributed by atoms with Gasteiger partial charge < -0.3 is 9.13 Å². The highest BCUT2D eigenvalue weighted by Crippen LogP contribution is 2.44. The van der Waals surface area contributed by atoms with Gasteiger partial charge in [0.2, 0.25) is 0 Å². The number of hydrogen-bond acceptors (Lipinski definition) is 2. The number of hydrogen-bond donors (Lipinski definition) is 0. The number of aromatic nitrogens is 2. The van der Waals surface area contributed by atoms with Gasteiger partial charge in [0.25, 0.3) is 0 Å². The molecule has 0 aliphatic carbocycles. The maximum Gasteiger partial charge on any atom is 0.135 e. The summed E-state index contributed by atoms with van der Waals surface area (Å²) in [7, 11) is 0. The van der Waals surface area contributed by atoms with Gasteiger partial charge >= 0.3 is 0 Å². The lowest BCUT2D eigenvalue weighted by Crippen LogP contribution is -2.19. The largest absolute Gasteiger partial charge is 0.317 e. The van der Waals surface area contributed by atoms with Crippen LogP contribution in [0, 0.1) is 39.0 Å². The fourth-order valence-corrected chi connectivity index (χ4v) is 7.16. The molecule has 0 spiro atoms. The average Bonchev–Trinajstić information content (AvgIpc) is 3.51. The van der Waals surface area contributed by atoms with Gasteiger partial charge in [-0.2, -0.15) is 5.26 Å². The Kier molecular flexibility index (Phi) is 5.86. The van der Waals surface area contributed by atoms with Gasteiger partial charge in [0, 0.05) is 33.7 Å². The fraction of sp³-hybridized carbons (Fsp3) is 0.150. The molecule has 212 valence electrons. The molecule has 2 aromatic heterocycles. The molecule has 0 fully saturated rings. The molecule has 0 radical (unpaired) electrons. The van der Waals surface area contributed by atoms with Crippen molar-refractivity contribution in [3.63, 3.8) is 0 Å². The number of fused-ring (bicyclic) bond motifs is 6. The summed E-state index contributed by atoms with van der Waals surface area (Å²) in [5.74, 6) is -0.104. The molecule has 5 aromatic carbocycles. The number of nitriles is 1. The molecule has 44 heavy (non-hydrogen) atoms. The third-order valence-corrected chi connectivity index (χ3v) is 9.18. The van der Waals surface area contributed by atoms with Gasteiger partial charge in [0.05, 0.1) is 39.4 Å². The summed E-state index contributed by atoms with van der Waals surface area (Å²) in [5.41, 5.74) is 12.4. The molecule has 0 amide bonds. The summed E-state index contributed by atoms with van der Waals surface area (Å²) in [6, 6.07) is 35.3. The third kappa shape index (κ3) is 3.93. The van der Waals surface area contributed by atoms with Gasteiger partial charge in [0.15, 0.2) is 0 Å². The van der Waals surface area contributed by atoms with Crippen molar-refractivity contribution in [3.8, 4) is 11.8 Å². The van der Waals surface area contributed by atoms with Crippen LogP contribution in [0.25, 0.3) is 49.3 Å². The maximum absolute atomic E-state index is 10.1. The normalized spacial score (nSPS) is 16.4. The zero-order valence-electron chi connectivity index (χ0n) is 25.3. The number of nitrogens with zero attached hydrogens (tertiary/aromatic N) is 4. The lowest BCUT2D eigenvalue weighted by Gasteiger charge is -2.29. The van der Waals surface area contributed by atoms with Crippen LogP contribution in [0.2, 0.25) is 0 Å². The first-order valence-electron chi connectivity index (χ1n) is 15.2. The first kappa shape index (κ1) is 26.2. The van der Waals surface area contributed by atoms with Gasteiger partial charge in [0.1, 0.15) is 6.17 Å². The van der Waals surface area contributed by atoms with Crippen molar-refractivity contribution in [2.75, 3.05) is 0 Å². The molecule has 0 saturated carbocycles. The number of allylic oxidation sites excluding steroid dienone is 1. The number of benzene rings is 5. The van der Waals surface area contributed by atoms with E-state index < -0.39 is 0 Å². The Morgan fingerprint density at radius 3 is 1.64 bits per heavy atom. The lowest BCUT2D eigenvalue weighted by atomic mass is 9.90. The standard InChI is InChI=1S/C40H32N4/c1-24-7-12-35-30(18-24)31-19-25(2)8-13-36(31)43(35)37-16-11-28(23-41)22-34(37)29-6-5-17-42-40(29)44-38-14-9-26(3)20-32(38)33-21-27(4)10-15-39(33)44/h5-22,29,40H,1-4H3. The fourth-order valence-electron chi connectivity index (χ4n) is 7.16. The highest BCUT2D eigenvalue weighted by atomic mass is 15.1. The van der Waals surface area contributed by atoms with Crippen LogP contribution < -0.4 is 0 Å². The third-order valence-electron chi connectivity index (χ3n) is 9.18. The molecule has 8 rings (SSSR count). The Morgan fingerprint density at radius 1 is 0.614 bits per heavy atom. The molecule has 0 saturated heterocycles. The van der Waals surface area contributed by atoms with Crippen LogP contribution in [-0.2, 0) is 0 Å². The van der Waals surface area contributed by atoms with Gasteiger partial charge in [-0.25, -0.2) is 0 Å². The smallest absolute Gasteiger partial charge is 0.135 e. The minimum absolute atomic E-state index is 0.104. The summed E-state index contributed by atoms with van der Waals surface area (Å²) in [6.07, 6.45) is 5.99. The second kappa shape index (κ2) is 9.82. The van der Waals surface area contributed by atoms with E-state index >= 15 is 0 Å². The van der Waals surface area contributed by atoms with Crippen molar-refractivity contribution >= 4 is 49.8 Å². The van der Waals surface area contributed by atoms with E-state index in [9.17, 15) is 5.26 Å². The van der Waals surface area contributed by atoms with Crippen LogP contribution >= 0.6 is 0 Å². The summed E-state index contributed by atoms with van der Waals surface area (Å²) in [4.78, 5) is 5.16. The average molecular weight is 569 g/mol. The van der Waals surface area contributed by atoms with E-state index in [0.717, 1.165) is 22.3 Å². The second-order valence-electron chi connectivity index (χ2n) is 12.3. The molecule has 2 unspecified atom stereocenters. The van der Waals surface area contributed by atoms with Crippen LogP contribution in [0.4, 0.5) is 0 Å². The lowest BCUT2D eigenvalue weighted by molar-refractivity contribution is 0.501. The molecule has 4 heteroatoms. The minimum Gasteiger partial charge on any atom is -0.317 e. The minimum atomic E-state index is -0.226. The van der Waals surface area contributed by atoms with E-state index in [0.29, 0.717) is 5.56 Å². The van der Waals surface area contributed by atoms with Crippen molar-refractivity contribution in [2.24, 2.45) is 4.99 Å². The maximum atomic E-state index is 10.1. The highest BCUT2D eigenvalue weighted by molar-refractivity contribution is 6.10. The predicted molar refractivity (Wildman–Crippen MR) is 183 cm³/mol. The monoisotopic (exact) mass is 568 g/mol. The first-order chi connectivity index (χ1) is 21.4. The number of rotatable bonds is 3. The highest BCUT2D eigenvalue weighted by Gasteiger charge is 2.30. The molecule has 2 atom stereocenters. The van der Waals surface area contributed by atoms with Crippen LogP contribution in [0.5, 0.6) is 0 Å². The first-order valence-corrected chi connectivity index (χ1v) is 15.2. The van der Waals surface area contributed by atoms with Crippen molar-refractivity contribution < 1.29 is 0 Å². The Hall–Kier alpha value is -5.40. The van der Waals surface area contributed by atoms with Crippen LogP contribution in [-0.4, -0.2) is 15.3 Å². The van der Waals surface area contributed by atoms with Crippen molar-refractivity contribution in [2.45, 2.75) is 39.8 Å². The predicted octanol–water partition coefficient (Wildman–Crippen LogP) is 9.92. The van der Waals surface area contributed by atoms with Crippen LogP contribution in [0.15, 0.2) is 108 Å². The zero-order valence-corrected chi connectivity index (χ0v) is 25.3. The molecule has 0 N–H and O–H groups in total. The molecular formula is C40H32N4. The number of aliphatic imine (C=N–C) groups is 1. The zero-order chi connectivity index (χ0) is 30.1.